The molecule has 7 nitrogen and oxygen atoms in total. The number of hydrogen-bond acceptors (Lipinski definition) is 4. The van der Waals surface area contributed by atoms with Gasteiger partial charge in [0.15, 0.2) is 0 Å². The van der Waals surface area contributed by atoms with Crippen LogP contribution in [0.15, 0.2) is 42.5 Å². The Morgan fingerprint density at radius 1 is 1.15 bits per heavy atom. The smallest absolute Gasteiger partial charge is 0.315 e. The second-order valence-corrected chi connectivity index (χ2v) is 9.93. The van der Waals surface area contributed by atoms with E-state index in [9.17, 15) is 9.90 Å². The number of ether oxygens (including phenoxy) is 1. The second-order valence-electron chi connectivity index (χ2n) is 9.49. The lowest BCUT2D eigenvalue weighted by Crippen LogP contribution is -2.60. The first-order valence-electron chi connectivity index (χ1n) is 11.4. The second kappa shape index (κ2) is 8.54. The highest BCUT2D eigenvalue weighted by Crippen LogP contribution is 2.46. The number of methoxy groups -OCH3 is 1. The van der Waals surface area contributed by atoms with Crippen molar-refractivity contribution in [2.45, 2.75) is 62.1 Å². The molecule has 4 N–H and O–H groups in total. The molecule has 2 amide bonds. The van der Waals surface area contributed by atoms with Crippen LogP contribution in [-0.4, -0.2) is 39.4 Å². The van der Waals surface area contributed by atoms with Gasteiger partial charge in [-0.05, 0) is 80.8 Å². The summed E-state index contributed by atoms with van der Waals surface area (Å²) in [4.78, 5) is 21.2. The fraction of sp³-hybridized carbons (Fsp3) is 0.440. The van der Waals surface area contributed by atoms with Gasteiger partial charge in [-0.3, -0.25) is 0 Å². The average Bonchev–Trinajstić information content (AvgIpc) is 3.23. The van der Waals surface area contributed by atoms with Crippen molar-refractivity contribution >= 4 is 28.7 Å². The summed E-state index contributed by atoms with van der Waals surface area (Å²) in [5.74, 6) is 1.46. The van der Waals surface area contributed by atoms with Crippen LogP contribution in [-0.2, 0) is 6.42 Å². The summed E-state index contributed by atoms with van der Waals surface area (Å²) >= 11 is 6.15. The lowest BCUT2D eigenvalue weighted by atomic mass is 9.63. The van der Waals surface area contributed by atoms with E-state index in [0.29, 0.717) is 17.3 Å². The highest BCUT2D eigenvalue weighted by atomic mass is 35.5. The minimum Gasteiger partial charge on any atom is -0.497 e. The fourth-order valence-corrected chi connectivity index (χ4v) is 5.34. The molecule has 3 aromatic rings. The van der Waals surface area contributed by atoms with E-state index >= 15 is 0 Å². The van der Waals surface area contributed by atoms with Gasteiger partial charge >= 0.3 is 6.03 Å². The summed E-state index contributed by atoms with van der Waals surface area (Å²) < 4.78 is 5.26. The molecule has 1 unspecified atom stereocenters. The quantitative estimate of drug-likeness (QED) is 0.423. The average molecular weight is 469 g/mol. The normalized spacial score (nSPS) is 25.1. The van der Waals surface area contributed by atoms with Crippen molar-refractivity contribution in [1.82, 2.24) is 20.6 Å². The van der Waals surface area contributed by atoms with Gasteiger partial charge in [0.25, 0.3) is 0 Å². The largest absolute Gasteiger partial charge is 0.497 e. The monoisotopic (exact) mass is 468 g/mol. The number of aliphatic hydroxyl groups is 1. The van der Waals surface area contributed by atoms with Crippen LogP contribution in [0, 0.1) is 0 Å². The van der Waals surface area contributed by atoms with Crippen LogP contribution in [0.4, 0.5) is 4.79 Å². The topological polar surface area (TPSA) is 99.3 Å². The molecule has 0 radical (unpaired) electrons. The Hall–Kier alpha value is -2.77. The summed E-state index contributed by atoms with van der Waals surface area (Å²) in [6, 6.07) is 12.8. The number of carbonyl (C=O) groups is 1. The number of imidazole rings is 1. The lowest BCUT2D eigenvalue weighted by molar-refractivity contribution is -0.0694. The summed E-state index contributed by atoms with van der Waals surface area (Å²) in [7, 11) is 1.64. The number of rotatable bonds is 6. The van der Waals surface area contributed by atoms with E-state index in [4.69, 9.17) is 21.3 Å². The van der Waals surface area contributed by atoms with Crippen LogP contribution in [0.2, 0.25) is 5.02 Å². The third-order valence-corrected chi connectivity index (χ3v) is 7.52. The van der Waals surface area contributed by atoms with E-state index < -0.39 is 5.60 Å². The van der Waals surface area contributed by atoms with Crippen LogP contribution in [0.3, 0.4) is 0 Å². The number of urea groups is 1. The SMILES string of the molecule is COc1ccc(CC(NC(=O)NC23CCC(O)(CC2)CC3)c2nc3ccc(Cl)cc3[nH]2)cc1. The first-order valence-corrected chi connectivity index (χ1v) is 11.8. The molecule has 33 heavy (non-hydrogen) atoms. The maximum absolute atomic E-state index is 13.1. The molecular formula is C25H29ClN4O3. The number of carbonyl (C=O) groups excluding carboxylic acids is 1. The third kappa shape index (κ3) is 4.66. The number of halogens is 1. The molecule has 174 valence electrons. The highest BCUT2D eigenvalue weighted by molar-refractivity contribution is 6.31. The molecule has 0 aliphatic heterocycles. The van der Waals surface area contributed by atoms with Gasteiger partial charge in [0, 0.05) is 10.6 Å². The zero-order valence-electron chi connectivity index (χ0n) is 18.7. The van der Waals surface area contributed by atoms with E-state index in [1.165, 1.54) is 0 Å². The van der Waals surface area contributed by atoms with Gasteiger partial charge in [-0.2, -0.15) is 0 Å². The molecule has 3 aliphatic carbocycles. The van der Waals surface area contributed by atoms with Gasteiger partial charge < -0.3 is 25.5 Å². The number of fused-ring (bicyclic) bond motifs is 4. The number of H-pyrrole nitrogens is 1. The summed E-state index contributed by atoms with van der Waals surface area (Å²) in [6.45, 7) is 0. The van der Waals surface area contributed by atoms with E-state index in [2.05, 4.69) is 15.6 Å². The first-order chi connectivity index (χ1) is 15.9. The Morgan fingerprint density at radius 2 is 1.85 bits per heavy atom. The Bertz CT molecular complexity index is 1140. The lowest BCUT2D eigenvalue weighted by Gasteiger charge is -2.51. The van der Waals surface area contributed by atoms with Gasteiger partial charge in [-0.15, -0.1) is 0 Å². The number of aromatic amines is 1. The Kier molecular flexibility index (Phi) is 5.70. The van der Waals surface area contributed by atoms with Crippen molar-refractivity contribution in [3.05, 3.63) is 58.9 Å². The van der Waals surface area contributed by atoms with Crippen LogP contribution >= 0.6 is 11.6 Å². The van der Waals surface area contributed by atoms with E-state index in [0.717, 1.165) is 60.9 Å². The summed E-state index contributed by atoms with van der Waals surface area (Å²) in [5, 5.41) is 17.5. The molecule has 8 heteroatoms. The molecule has 1 heterocycles. The molecule has 0 spiro atoms. The van der Waals surface area contributed by atoms with Gasteiger partial charge in [-0.1, -0.05) is 23.7 Å². The number of nitrogens with one attached hydrogen (secondary N) is 3. The molecule has 6 rings (SSSR count). The minimum atomic E-state index is -0.535. The maximum atomic E-state index is 13.1. The first kappa shape index (κ1) is 22.0. The summed E-state index contributed by atoms with van der Waals surface area (Å²) in [6.07, 6.45) is 5.22. The van der Waals surface area contributed by atoms with E-state index in [1.54, 1.807) is 13.2 Å². The van der Waals surface area contributed by atoms with Crippen molar-refractivity contribution < 1.29 is 14.6 Å². The Balaban J connectivity index is 1.37. The molecule has 2 aromatic carbocycles. The van der Waals surface area contributed by atoms with Gasteiger partial charge in [0.1, 0.15) is 11.6 Å². The molecule has 3 aliphatic rings. The molecular weight excluding hydrogens is 440 g/mol. The van der Waals surface area contributed by atoms with Gasteiger partial charge in [0.2, 0.25) is 0 Å². The zero-order chi connectivity index (χ0) is 23.1. The van der Waals surface area contributed by atoms with Crippen LogP contribution in [0.5, 0.6) is 5.75 Å². The zero-order valence-corrected chi connectivity index (χ0v) is 19.4. The number of amides is 2. The van der Waals surface area contributed by atoms with E-state index in [1.807, 2.05) is 36.4 Å². The number of benzene rings is 2. The minimum absolute atomic E-state index is 0.209. The number of aromatic nitrogens is 2. The third-order valence-electron chi connectivity index (χ3n) is 7.28. The molecule has 1 aromatic heterocycles. The van der Waals surface area contributed by atoms with Crippen molar-refractivity contribution in [2.75, 3.05) is 7.11 Å². The standard InChI is InChI=1S/C25H29ClN4O3/c1-33-18-5-2-16(3-6-18)14-21(22-27-19-7-4-17(26)15-20(19)28-22)29-23(31)30-24-8-11-25(32,12-9-24)13-10-24/h2-7,15,21,32H,8-14H2,1H3,(H,27,28)(H2,29,30,31). The molecule has 3 saturated carbocycles. The Labute approximate surface area is 197 Å². The van der Waals surface area contributed by atoms with Crippen molar-refractivity contribution in [1.29, 1.82) is 0 Å². The molecule has 2 bridgehead atoms. The molecule has 3 fully saturated rings. The van der Waals surface area contributed by atoms with Gasteiger partial charge in [-0.25, -0.2) is 9.78 Å². The highest BCUT2D eigenvalue weighted by Gasteiger charge is 2.48. The van der Waals surface area contributed by atoms with Crippen LogP contribution in [0.1, 0.15) is 56.0 Å². The van der Waals surface area contributed by atoms with E-state index in [-0.39, 0.29) is 17.6 Å². The van der Waals surface area contributed by atoms with Crippen molar-refractivity contribution in [3.8, 4) is 5.75 Å². The van der Waals surface area contributed by atoms with Crippen LogP contribution < -0.4 is 15.4 Å². The predicted octanol–water partition coefficient (Wildman–Crippen LogP) is 4.65. The molecule has 0 saturated heterocycles. The predicted molar refractivity (Wildman–Crippen MR) is 128 cm³/mol. The maximum Gasteiger partial charge on any atom is 0.315 e. The fourth-order valence-electron chi connectivity index (χ4n) is 5.17. The summed E-state index contributed by atoms with van der Waals surface area (Å²) in [5.41, 5.74) is 1.91. The Morgan fingerprint density at radius 3 is 2.52 bits per heavy atom. The number of hydrogen-bond donors (Lipinski definition) is 4. The molecule has 1 atom stereocenters. The van der Waals surface area contributed by atoms with Crippen LogP contribution in [0.25, 0.3) is 11.0 Å². The number of nitrogens with zero attached hydrogens (tertiary/aromatic N) is 1. The van der Waals surface area contributed by atoms with Crippen molar-refractivity contribution in [2.24, 2.45) is 0 Å². The van der Waals surface area contributed by atoms with Gasteiger partial charge in [0.05, 0.1) is 29.8 Å². The van der Waals surface area contributed by atoms with Crippen molar-refractivity contribution in [3.63, 3.8) is 0 Å².